The van der Waals surface area contributed by atoms with E-state index >= 15 is 0 Å². The fourth-order valence-electron chi connectivity index (χ4n) is 1.92. The predicted molar refractivity (Wildman–Crippen MR) is 86.6 cm³/mol. The molecule has 0 aromatic heterocycles. The largest absolute Gasteiger partial charge is 0.497 e. The summed E-state index contributed by atoms with van der Waals surface area (Å²) in [6.07, 6.45) is 0. The van der Waals surface area contributed by atoms with Crippen LogP contribution in [0.2, 0.25) is 5.02 Å². The number of hydrogen-bond acceptors (Lipinski definition) is 4. The molecule has 0 heterocycles. The number of benzene rings is 2. The van der Waals surface area contributed by atoms with E-state index in [-0.39, 0.29) is 10.6 Å². The summed E-state index contributed by atoms with van der Waals surface area (Å²) in [7, 11) is -2.57. The van der Waals surface area contributed by atoms with Crippen LogP contribution in [0.4, 0.5) is 5.69 Å². The molecule has 0 amide bonds. The van der Waals surface area contributed by atoms with Crippen LogP contribution in [0, 0.1) is 0 Å². The van der Waals surface area contributed by atoms with Crippen molar-refractivity contribution in [2.75, 3.05) is 18.0 Å². The first-order valence-corrected chi connectivity index (χ1v) is 8.30. The van der Waals surface area contributed by atoms with Crippen LogP contribution in [0.1, 0.15) is 0 Å². The minimum Gasteiger partial charge on any atom is -0.497 e. The normalized spacial score (nSPS) is 11.0. The second kappa shape index (κ2) is 6.89. The Morgan fingerprint density at radius 2 is 1.70 bits per heavy atom. The number of carboxylic acid groups (broad SMARTS) is 1. The van der Waals surface area contributed by atoms with Gasteiger partial charge in [0.15, 0.2) is 0 Å². The summed E-state index contributed by atoms with van der Waals surface area (Å²) in [6, 6.07) is 11.6. The van der Waals surface area contributed by atoms with Gasteiger partial charge in [0.1, 0.15) is 12.3 Å². The number of halogens is 1. The van der Waals surface area contributed by atoms with E-state index in [1.807, 2.05) is 0 Å². The molecular weight excluding hydrogens is 342 g/mol. The fraction of sp³-hybridized carbons (Fsp3) is 0.133. The molecule has 1 N–H and O–H groups in total. The zero-order chi connectivity index (χ0) is 17.0. The standard InChI is InChI=1S/C15H14ClNO5S/c1-22-13-6-8-14(9-7-13)23(20,21)17(10-15(18)19)12-4-2-11(16)3-5-12/h2-9H,10H2,1H3,(H,18,19). The van der Waals surface area contributed by atoms with Crippen LogP contribution in [0.25, 0.3) is 0 Å². The second-order valence-corrected chi connectivity index (χ2v) is 6.86. The lowest BCUT2D eigenvalue weighted by Gasteiger charge is -2.22. The van der Waals surface area contributed by atoms with E-state index in [0.29, 0.717) is 10.8 Å². The highest BCUT2D eigenvalue weighted by Crippen LogP contribution is 2.26. The van der Waals surface area contributed by atoms with Crippen molar-refractivity contribution in [2.45, 2.75) is 4.90 Å². The van der Waals surface area contributed by atoms with E-state index < -0.39 is 22.5 Å². The lowest BCUT2D eigenvalue weighted by Crippen LogP contribution is -2.35. The van der Waals surface area contributed by atoms with E-state index in [4.69, 9.17) is 21.4 Å². The molecule has 2 aromatic rings. The molecular formula is C15H14ClNO5S. The first-order valence-electron chi connectivity index (χ1n) is 6.49. The minimum absolute atomic E-state index is 0.0329. The van der Waals surface area contributed by atoms with Crippen LogP contribution < -0.4 is 9.04 Å². The molecule has 122 valence electrons. The first-order chi connectivity index (χ1) is 10.8. The summed E-state index contributed by atoms with van der Waals surface area (Å²) < 4.78 is 31.3. The quantitative estimate of drug-likeness (QED) is 0.861. The minimum atomic E-state index is -4.03. The number of nitrogens with zero attached hydrogens (tertiary/aromatic N) is 1. The molecule has 0 atom stereocenters. The molecule has 6 nitrogen and oxygen atoms in total. The molecule has 0 spiro atoms. The average Bonchev–Trinajstić information content (AvgIpc) is 2.53. The van der Waals surface area contributed by atoms with E-state index in [1.54, 1.807) is 0 Å². The van der Waals surface area contributed by atoms with Gasteiger partial charge in [0.2, 0.25) is 0 Å². The van der Waals surface area contributed by atoms with Gasteiger partial charge in [-0.15, -0.1) is 0 Å². The van der Waals surface area contributed by atoms with Gasteiger partial charge in [-0.3, -0.25) is 9.10 Å². The van der Waals surface area contributed by atoms with Gasteiger partial charge in [-0.2, -0.15) is 0 Å². The van der Waals surface area contributed by atoms with Crippen molar-refractivity contribution in [1.82, 2.24) is 0 Å². The Balaban J connectivity index is 2.47. The van der Waals surface area contributed by atoms with Crippen LogP contribution in [-0.2, 0) is 14.8 Å². The molecule has 2 aromatic carbocycles. The highest BCUT2D eigenvalue weighted by atomic mass is 35.5. The molecule has 23 heavy (non-hydrogen) atoms. The third-order valence-corrected chi connectivity index (χ3v) is 5.08. The van der Waals surface area contributed by atoms with E-state index in [1.165, 1.54) is 55.6 Å². The monoisotopic (exact) mass is 355 g/mol. The third kappa shape index (κ3) is 3.94. The maximum atomic E-state index is 12.7. The van der Waals surface area contributed by atoms with Gasteiger partial charge in [0, 0.05) is 5.02 Å². The highest BCUT2D eigenvalue weighted by Gasteiger charge is 2.27. The first kappa shape index (κ1) is 17.1. The number of hydrogen-bond donors (Lipinski definition) is 1. The van der Waals surface area contributed by atoms with E-state index in [9.17, 15) is 13.2 Å². The third-order valence-electron chi connectivity index (χ3n) is 3.04. The summed E-state index contributed by atoms with van der Waals surface area (Å²) in [6.45, 7) is -0.698. The van der Waals surface area contributed by atoms with Crippen LogP contribution in [0.15, 0.2) is 53.4 Å². The highest BCUT2D eigenvalue weighted by molar-refractivity contribution is 7.92. The molecule has 0 aliphatic carbocycles. The van der Waals surface area contributed by atoms with Crippen molar-refractivity contribution in [3.63, 3.8) is 0 Å². The lowest BCUT2D eigenvalue weighted by molar-refractivity contribution is -0.135. The van der Waals surface area contributed by atoms with Crippen LogP contribution in [-0.4, -0.2) is 33.1 Å². The number of carboxylic acids is 1. The second-order valence-electron chi connectivity index (χ2n) is 4.56. The van der Waals surface area contributed by atoms with Crippen molar-refractivity contribution in [2.24, 2.45) is 0 Å². The van der Waals surface area contributed by atoms with Gasteiger partial charge in [-0.25, -0.2) is 8.42 Å². The Morgan fingerprint density at radius 1 is 1.13 bits per heavy atom. The Bertz CT molecular complexity index is 788. The Labute approximate surface area is 138 Å². The molecule has 0 saturated carbocycles. The van der Waals surface area contributed by atoms with Crippen molar-refractivity contribution in [1.29, 1.82) is 0 Å². The van der Waals surface area contributed by atoms with Gasteiger partial charge >= 0.3 is 5.97 Å². The van der Waals surface area contributed by atoms with E-state index in [0.717, 1.165) is 4.31 Å². The predicted octanol–water partition coefficient (Wildman–Crippen LogP) is 2.63. The number of sulfonamides is 1. The number of methoxy groups -OCH3 is 1. The van der Waals surface area contributed by atoms with Crippen molar-refractivity contribution >= 4 is 33.3 Å². The summed E-state index contributed by atoms with van der Waals surface area (Å²) in [4.78, 5) is 11.0. The molecule has 0 unspecified atom stereocenters. The van der Waals surface area contributed by atoms with Gasteiger partial charge in [-0.1, -0.05) is 11.6 Å². The van der Waals surface area contributed by atoms with Crippen molar-refractivity contribution in [3.8, 4) is 5.75 Å². The van der Waals surface area contributed by atoms with Gasteiger partial charge < -0.3 is 9.84 Å². The number of aliphatic carboxylic acids is 1. The molecule has 0 saturated heterocycles. The average molecular weight is 356 g/mol. The maximum Gasteiger partial charge on any atom is 0.324 e. The summed E-state index contributed by atoms with van der Waals surface area (Å²) in [5.74, 6) is -0.766. The van der Waals surface area contributed by atoms with Crippen LogP contribution >= 0.6 is 11.6 Å². The number of anilines is 1. The van der Waals surface area contributed by atoms with Gasteiger partial charge in [0.25, 0.3) is 10.0 Å². The SMILES string of the molecule is COc1ccc(S(=O)(=O)N(CC(=O)O)c2ccc(Cl)cc2)cc1. The zero-order valence-corrected chi connectivity index (χ0v) is 13.7. The van der Waals surface area contributed by atoms with Gasteiger partial charge in [0.05, 0.1) is 17.7 Å². The molecule has 0 fully saturated rings. The lowest BCUT2D eigenvalue weighted by atomic mass is 10.3. The summed E-state index contributed by atoms with van der Waals surface area (Å²) in [5, 5.41) is 9.46. The van der Waals surface area contributed by atoms with Crippen LogP contribution in [0.3, 0.4) is 0 Å². The molecule has 0 aliphatic heterocycles. The molecule has 0 bridgehead atoms. The number of carbonyl (C=O) groups is 1. The molecule has 0 radical (unpaired) electrons. The van der Waals surface area contributed by atoms with Crippen molar-refractivity contribution in [3.05, 3.63) is 53.6 Å². The fourth-order valence-corrected chi connectivity index (χ4v) is 3.46. The van der Waals surface area contributed by atoms with Crippen molar-refractivity contribution < 1.29 is 23.1 Å². The van der Waals surface area contributed by atoms with E-state index in [2.05, 4.69) is 0 Å². The zero-order valence-electron chi connectivity index (χ0n) is 12.1. The Kier molecular flexibility index (Phi) is 5.12. The van der Waals surface area contributed by atoms with Gasteiger partial charge in [-0.05, 0) is 48.5 Å². The Hall–Kier alpha value is -2.25. The summed E-state index contributed by atoms with van der Waals surface area (Å²) in [5.41, 5.74) is 0.215. The number of rotatable bonds is 6. The smallest absolute Gasteiger partial charge is 0.324 e. The number of ether oxygens (including phenoxy) is 1. The molecule has 0 aliphatic rings. The maximum absolute atomic E-state index is 12.7. The molecule has 8 heteroatoms. The molecule has 2 rings (SSSR count). The summed E-state index contributed by atoms with van der Waals surface area (Å²) >= 11 is 5.79. The topological polar surface area (TPSA) is 83.9 Å². The Morgan fingerprint density at radius 3 is 2.17 bits per heavy atom. The van der Waals surface area contributed by atoms with Crippen LogP contribution in [0.5, 0.6) is 5.75 Å².